The number of hydrogen-bond donors (Lipinski definition) is 0. The van der Waals surface area contributed by atoms with Crippen molar-refractivity contribution in [2.24, 2.45) is 0 Å². The van der Waals surface area contributed by atoms with Crippen LogP contribution in [0.4, 0.5) is 5.69 Å². The molecule has 0 saturated heterocycles. The second-order valence-electron chi connectivity index (χ2n) is 3.20. The average Bonchev–Trinajstić information content (AvgIpc) is 2.29. The molecule has 0 fully saturated rings. The molecule has 0 aliphatic heterocycles. The van der Waals surface area contributed by atoms with Crippen molar-refractivity contribution in [1.29, 1.82) is 0 Å². The van der Waals surface area contributed by atoms with Gasteiger partial charge in [0, 0.05) is 25.2 Å². The van der Waals surface area contributed by atoms with Crippen molar-refractivity contribution < 1.29 is 4.74 Å². The van der Waals surface area contributed by atoms with Crippen LogP contribution in [0.5, 0.6) is 5.75 Å². The predicted molar refractivity (Wildman–Crippen MR) is 66.1 cm³/mol. The third kappa shape index (κ3) is 3.84. The number of rotatable bonds is 5. The molecule has 82 valence electrons. The van der Waals surface area contributed by atoms with Gasteiger partial charge in [-0.2, -0.15) is 0 Å². The molecular weight excluding hydrogens is 210 g/mol. The van der Waals surface area contributed by atoms with Gasteiger partial charge in [-0.15, -0.1) is 11.6 Å². The zero-order valence-corrected chi connectivity index (χ0v) is 9.87. The van der Waals surface area contributed by atoms with Gasteiger partial charge in [0.05, 0.1) is 7.11 Å². The second-order valence-corrected chi connectivity index (χ2v) is 3.51. The van der Waals surface area contributed by atoms with E-state index in [1.54, 1.807) is 7.11 Å². The van der Waals surface area contributed by atoms with Gasteiger partial charge >= 0.3 is 0 Å². The topological polar surface area (TPSA) is 12.5 Å². The van der Waals surface area contributed by atoms with Crippen molar-refractivity contribution >= 4 is 17.3 Å². The molecule has 0 aliphatic rings. The molecule has 0 heterocycles. The number of anilines is 1. The summed E-state index contributed by atoms with van der Waals surface area (Å²) in [5.74, 6) is 1.44. The maximum absolute atomic E-state index is 5.55. The number of halogens is 1. The summed E-state index contributed by atoms with van der Waals surface area (Å²) in [6.07, 6.45) is 4.00. The first-order valence-electron chi connectivity index (χ1n) is 4.84. The second kappa shape index (κ2) is 6.36. The third-order valence-corrected chi connectivity index (χ3v) is 2.33. The summed E-state index contributed by atoms with van der Waals surface area (Å²) in [6, 6.07) is 7.98. The number of ether oxygens (including phenoxy) is 1. The Kier molecular flexibility index (Phi) is 5.05. The van der Waals surface area contributed by atoms with E-state index < -0.39 is 0 Å². The van der Waals surface area contributed by atoms with Gasteiger partial charge in [-0.25, -0.2) is 0 Å². The molecule has 0 aliphatic carbocycles. The van der Waals surface area contributed by atoms with E-state index in [1.807, 2.05) is 37.4 Å². The lowest BCUT2D eigenvalue weighted by molar-refractivity contribution is 0.415. The molecule has 0 N–H and O–H groups in total. The van der Waals surface area contributed by atoms with Crippen molar-refractivity contribution in [3.8, 4) is 5.75 Å². The lowest BCUT2D eigenvalue weighted by Gasteiger charge is -2.17. The fourth-order valence-electron chi connectivity index (χ4n) is 1.24. The molecule has 1 rings (SSSR count). The Morgan fingerprint density at radius 1 is 1.27 bits per heavy atom. The Morgan fingerprint density at radius 2 is 1.93 bits per heavy atom. The summed E-state index contributed by atoms with van der Waals surface area (Å²) in [6.45, 7) is 0.860. The number of likely N-dealkylation sites (N-methyl/N-ethyl adjacent to an activating group) is 1. The van der Waals surface area contributed by atoms with Crippen molar-refractivity contribution in [1.82, 2.24) is 0 Å². The molecule has 0 unspecified atom stereocenters. The highest BCUT2D eigenvalue weighted by atomic mass is 35.5. The first kappa shape index (κ1) is 11.9. The molecule has 0 bridgehead atoms. The lowest BCUT2D eigenvalue weighted by atomic mass is 10.3. The van der Waals surface area contributed by atoms with Gasteiger partial charge in [0.1, 0.15) is 5.75 Å². The number of benzene rings is 1. The van der Waals surface area contributed by atoms with Crippen LogP contribution in [0.1, 0.15) is 0 Å². The summed E-state index contributed by atoms with van der Waals surface area (Å²) < 4.78 is 5.10. The van der Waals surface area contributed by atoms with Gasteiger partial charge < -0.3 is 9.64 Å². The highest BCUT2D eigenvalue weighted by Crippen LogP contribution is 2.17. The summed E-state index contributed by atoms with van der Waals surface area (Å²) >= 11 is 5.55. The van der Waals surface area contributed by atoms with E-state index in [4.69, 9.17) is 16.3 Å². The van der Waals surface area contributed by atoms with Gasteiger partial charge in [0.2, 0.25) is 0 Å². The Labute approximate surface area is 96.1 Å². The predicted octanol–water partition coefficient (Wildman–Crippen LogP) is 2.93. The Morgan fingerprint density at radius 3 is 2.47 bits per heavy atom. The summed E-state index contributed by atoms with van der Waals surface area (Å²) in [5, 5.41) is 0. The maximum Gasteiger partial charge on any atom is 0.119 e. The van der Waals surface area contributed by atoms with Gasteiger partial charge in [-0.3, -0.25) is 0 Å². The van der Waals surface area contributed by atoms with Crippen molar-refractivity contribution in [3.05, 3.63) is 36.4 Å². The fourth-order valence-corrected chi connectivity index (χ4v) is 1.36. The number of nitrogens with zero attached hydrogens (tertiary/aromatic N) is 1. The van der Waals surface area contributed by atoms with Crippen LogP contribution in [0.2, 0.25) is 0 Å². The molecule has 1 aromatic carbocycles. The van der Waals surface area contributed by atoms with Gasteiger partial charge in [-0.05, 0) is 24.3 Å². The van der Waals surface area contributed by atoms with E-state index in [1.165, 1.54) is 0 Å². The van der Waals surface area contributed by atoms with Crippen LogP contribution < -0.4 is 9.64 Å². The molecule has 1 aromatic rings. The molecule has 2 nitrogen and oxygen atoms in total. The van der Waals surface area contributed by atoms with Crippen molar-refractivity contribution in [2.75, 3.05) is 31.5 Å². The highest BCUT2D eigenvalue weighted by molar-refractivity contribution is 6.18. The Balaban J connectivity index is 2.57. The largest absolute Gasteiger partial charge is 0.497 e. The summed E-state index contributed by atoms with van der Waals surface area (Å²) in [5.41, 5.74) is 1.16. The van der Waals surface area contributed by atoms with Crippen molar-refractivity contribution in [3.63, 3.8) is 0 Å². The Hall–Kier alpha value is -1.15. The molecule has 0 amide bonds. The molecule has 0 spiro atoms. The molecule has 0 atom stereocenters. The van der Waals surface area contributed by atoms with Crippen LogP contribution in [0.25, 0.3) is 0 Å². The van der Waals surface area contributed by atoms with Crippen LogP contribution in [-0.2, 0) is 0 Å². The van der Waals surface area contributed by atoms with Crippen LogP contribution in [-0.4, -0.2) is 26.6 Å². The first-order chi connectivity index (χ1) is 7.27. The number of alkyl halides is 1. The number of allylic oxidation sites excluding steroid dienone is 1. The molecular formula is C12H16ClNO. The fraction of sp³-hybridized carbons (Fsp3) is 0.333. The molecule has 0 aromatic heterocycles. The van der Waals surface area contributed by atoms with Crippen LogP contribution in [0.3, 0.4) is 0 Å². The zero-order valence-electron chi connectivity index (χ0n) is 9.11. The summed E-state index contributed by atoms with van der Waals surface area (Å²) in [4.78, 5) is 2.14. The van der Waals surface area contributed by atoms with E-state index >= 15 is 0 Å². The smallest absolute Gasteiger partial charge is 0.119 e. The van der Waals surface area contributed by atoms with E-state index in [-0.39, 0.29) is 0 Å². The van der Waals surface area contributed by atoms with E-state index in [9.17, 15) is 0 Å². The first-order valence-corrected chi connectivity index (χ1v) is 5.37. The standard InChI is InChI=1S/C12H16ClNO/c1-14(10-4-3-9-13)11-5-7-12(15-2)8-6-11/h3-8H,9-10H2,1-2H3. The monoisotopic (exact) mass is 225 g/mol. The van der Waals surface area contributed by atoms with Gasteiger partial charge in [-0.1, -0.05) is 12.2 Å². The minimum Gasteiger partial charge on any atom is -0.497 e. The lowest BCUT2D eigenvalue weighted by Crippen LogP contribution is -2.16. The van der Waals surface area contributed by atoms with Gasteiger partial charge in [0.25, 0.3) is 0 Å². The minimum absolute atomic E-state index is 0.566. The van der Waals surface area contributed by atoms with E-state index in [2.05, 4.69) is 11.0 Å². The molecule has 0 saturated carbocycles. The molecule has 3 heteroatoms. The molecule has 0 radical (unpaired) electrons. The quantitative estimate of drug-likeness (QED) is 0.565. The number of methoxy groups -OCH3 is 1. The van der Waals surface area contributed by atoms with Crippen LogP contribution >= 0.6 is 11.6 Å². The average molecular weight is 226 g/mol. The maximum atomic E-state index is 5.55. The normalized spacial score (nSPS) is 10.6. The van der Waals surface area contributed by atoms with E-state index in [0.29, 0.717) is 5.88 Å². The van der Waals surface area contributed by atoms with Crippen LogP contribution in [0, 0.1) is 0 Å². The molecule has 15 heavy (non-hydrogen) atoms. The van der Waals surface area contributed by atoms with Gasteiger partial charge in [0.15, 0.2) is 0 Å². The minimum atomic E-state index is 0.566. The summed E-state index contributed by atoms with van der Waals surface area (Å²) in [7, 11) is 3.71. The third-order valence-electron chi connectivity index (χ3n) is 2.15. The van der Waals surface area contributed by atoms with E-state index in [0.717, 1.165) is 18.0 Å². The number of hydrogen-bond acceptors (Lipinski definition) is 2. The van der Waals surface area contributed by atoms with Crippen LogP contribution in [0.15, 0.2) is 36.4 Å². The SMILES string of the molecule is COc1ccc(N(C)CC=CCCl)cc1. The zero-order chi connectivity index (χ0) is 11.1. The highest BCUT2D eigenvalue weighted by Gasteiger charge is 1.98. The van der Waals surface area contributed by atoms with Crippen molar-refractivity contribution in [2.45, 2.75) is 0 Å². The Bertz CT molecular complexity index is 308.